The molecule has 0 bridgehead atoms. The number of benzene rings is 2. The molecule has 3 aromatic rings. The van der Waals surface area contributed by atoms with E-state index in [2.05, 4.69) is 17.2 Å². The number of aryl methyl sites for hydroxylation is 3. The SMILES string of the molecule is C=CC(=O)Nc1ccc(Oc2c(C)cc(F)cc2C)c(-c2cn(C)c(=O)c3c2OC(C)(C)C(=O)N3)c1. The molecule has 9 heteroatoms. The monoisotopic (exact) mass is 491 g/mol. The van der Waals surface area contributed by atoms with Crippen LogP contribution in [0.4, 0.5) is 15.8 Å². The summed E-state index contributed by atoms with van der Waals surface area (Å²) in [5.41, 5.74) is 0.858. The summed E-state index contributed by atoms with van der Waals surface area (Å²) in [4.78, 5) is 37.3. The maximum Gasteiger partial charge on any atom is 0.277 e. The van der Waals surface area contributed by atoms with Crippen molar-refractivity contribution in [1.82, 2.24) is 4.57 Å². The minimum Gasteiger partial charge on any atom is -0.475 e. The van der Waals surface area contributed by atoms with E-state index in [0.717, 1.165) is 6.08 Å². The fraction of sp³-hybridized carbons (Fsp3) is 0.222. The summed E-state index contributed by atoms with van der Waals surface area (Å²) in [7, 11) is 1.55. The Kier molecular flexibility index (Phi) is 6.17. The number of aromatic nitrogens is 1. The number of carbonyl (C=O) groups excluding carboxylic acids is 2. The first-order valence-corrected chi connectivity index (χ1v) is 11.2. The van der Waals surface area contributed by atoms with E-state index in [9.17, 15) is 18.8 Å². The summed E-state index contributed by atoms with van der Waals surface area (Å²) < 4.78 is 27.5. The van der Waals surface area contributed by atoms with E-state index >= 15 is 0 Å². The Bertz CT molecular complexity index is 1470. The average molecular weight is 492 g/mol. The van der Waals surface area contributed by atoms with Gasteiger partial charge >= 0.3 is 0 Å². The molecule has 0 radical (unpaired) electrons. The zero-order valence-electron chi connectivity index (χ0n) is 20.6. The number of halogens is 1. The summed E-state index contributed by atoms with van der Waals surface area (Å²) in [6.45, 7) is 10.1. The summed E-state index contributed by atoms with van der Waals surface area (Å²) >= 11 is 0. The molecule has 0 aliphatic carbocycles. The van der Waals surface area contributed by atoms with Crippen molar-refractivity contribution in [1.29, 1.82) is 0 Å². The van der Waals surface area contributed by atoms with Crippen LogP contribution >= 0.6 is 0 Å². The van der Waals surface area contributed by atoms with Crippen LogP contribution in [0.2, 0.25) is 0 Å². The molecule has 186 valence electrons. The van der Waals surface area contributed by atoms with E-state index in [4.69, 9.17) is 9.47 Å². The fourth-order valence-corrected chi connectivity index (χ4v) is 3.96. The number of fused-ring (bicyclic) bond motifs is 1. The lowest BCUT2D eigenvalue weighted by Gasteiger charge is -2.33. The molecule has 0 spiro atoms. The second-order valence-corrected chi connectivity index (χ2v) is 9.10. The van der Waals surface area contributed by atoms with E-state index in [-0.39, 0.29) is 17.3 Å². The third-order valence-corrected chi connectivity index (χ3v) is 5.83. The Balaban J connectivity index is 1.97. The molecule has 36 heavy (non-hydrogen) atoms. The van der Waals surface area contributed by atoms with Crippen molar-refractivity contribution in [2.45, 2.75) is 33.3 Å². The number of anilines is 2. The number of ether oxygens (including phenoxy) is 2. The van der Waals surface area contributed by atoms with Crippen LogP contribution in [0, 0.1) is 19.7 Å². The van der Waals surface area contributed by atoms with E-state index in [1.165, 1.54) is 16.7 Å². The normalized spacial score (nSPS) is 13.8. The van der Waals surface area contributed by atoms with Gasteiger partial charge < -0.3 is 24.7 Å². The van der Waals surface area contributed by atoms with Crippen LogP contribution < -0.4 is 25.7 Å². The third kappa shape index (κ3) is 4.47. The van der Waals surface area contributed by atoms with Crippen LogP contribution in [0.15, 0.2) is 54.0 Å². The highest BCUT2D eigenvalue weighted by molar-refractivity contribution is 6.02. The second kappa shape index (κ2) is 8.99. The Hall–Kier alpha value is -4.40. The third-order valence-electron chi connectivity index (χ3n) is 5.83. The van der Waals surface area contributed by atoms with Crippen LogP contribution in [0.3, 0.4) is 0 Å². The molecule has 0 saturated carbocycles. The predicted octanol–water partition coefficient (Wildman–Crippen LogP) is 4.83. The van der Waals surface area contributed by atoms with Crippen molar-refractivity contribution in [2.24, 2.45) is 7.05 Å². The number of hydrogen-bond donors (Lipinski definition) is 2. The Morgan fingerprint density at radius 1 is 1.17 bits per heavy atom. The highest BCUT2D eigenvalue weighted by Gasteiger charge is 2.39. The molecule has 2 N–H and O–H groups in total. The van der Waals surface area contributed by atoms with Gasteiger partial charge in [-0.1, -0.05) is 6.58 Å². The molecular weight excluding hydrogens is 465 g/mol. The molecule has 4 rings (SSSR count). The van der Waals surface area contributed by atoms with Crippen molar-refractivity contribution in [3.8, 4) is 28.4 Å². The molecule has 2 aromatic carbocycles. The molecule has 1 aromatic heterocycles. The summed E-state index contributed by atoms with van der Waals surface area (Å²) in [5.74, 6) is -0.236. The summed E-state index contributed by atoms with van der Waals surface area (Å²) in [6, 6.07) is 7.71. The van der Waals surface area contributed by atoms with Gasteiger partial charge in [-0.05, 0) is 75.2 Å². The van der Waals surface area contributed by atoms with E-state index in [1.807, 2.05) is 0 Å². The Morgan fingerprint density at radius 2 is 1.83 bits per heavy atom. The molecular formula is C27H26FN3O5. The topological polar surface area (TPSA) is 98.7 Å². The lowest BCUT2D eigenvalue weighted by Crippen LogP contribution is -2.47. The maximum atomic E-state index is 13.9. The van der Waals surface area contributed by atoms with Crippen LogP contribution in [-0.4, -0.2) is 22.0 Å². The number of nitrogens with zero attached hydrogens (tertiary/aromatic N) is 1. The smallest absolute Gasteiger partial charge is 0.277 e. The fourth-order valence-electron chi connectivity index (χ4n) is 3.96. The minimum absolute atomic E-state index is 0.0000477. The number of rotatable bonds is 5. The quantitative estimate of drug-likeness (QED) is 0.498. The van der Waals surface area contributed by atoms with Gasteiger partial charge in [-0.15, -0.1) is 0 Å². The Labute approximate surface area is 207 Å². The van der Waals surface area contributed by atoms with Gasteiger partial charge in [-0.2, -0.15) is 0 Å². The van der Waals surface area contributed by atoms with Gasteiger partial charge in [0.15, 0.2) is 17.0 Å². The zero-order valence-corrected chi connectivity index (χ0v) is 20.6. The van der Waals surface area contributed by atoms with Crippen LogP contribution in [0.1, 0.15) is 25.0 Å². The molecule has 2 heterocycles. The number of amides is 2. The zero-order chi connectivity index (χ0) is 26.4. The molecule has 0 unspecified atom stereocenters. The molecule has 1 aliphatic heterocycles. The van der Waals surface area contributed by atoms with Gasteiger partial charge in [-0.25, -0.2) is 4.39 Å². The molecule has 0 fully saturated rings. The number of pyridine rings is 1. The van der Waals surface area contributed by atoms with Gasteiger partial charge in [-0.3, -0.25) is 14.4 Å². The highest BCUT2D eigenvalue weighted by atomic mass is 19.1. The van der Waals surface area contributed by atoms with E-state index < -0.39 is 23.0 Å². The van der Waals surface area contributed by atoms with Crippen LogP contribution in [0.25, 0.3) is 11.1 Å². The largest absolute Gasteiger partial charge is 0.475 e. The summed E-state index contributed by atoms with van der Waals surface area (Å²) in [6.07, 6.45) is 2.71. The predicted molar refractivity (Wildman–Crippen MR) is 135 cm³/mol. The van der Waals surface area contributed by atoms with Gasteiger partial charge in [0.1, 0.15) is 17.3 Å². The average Bonchev–Trinajstić information content (AvgIpc) is 2.80. The van der Waals surface area contributed by atoms with Gasteiger partial charge in [0.2, 0.25) is 5.91 Å². The molecule has 1 aliphatic rings. The molecule has 2 amide bonds. The highest BCUT2D eigenvalue weighted by Crippen LogP contribution is 2.45. The molecule has 0 atom stereocenters. The first kappa shape index (κ1) is 24.7. The maximum absolute atomic E-state index is 13.9. The second-order valence-electron chi connectivity index (χ2n) is 9.10. The lowest BCUT2D eigenvalue weighted by atomic mass is 10.00. The lowest BCUT2D eigenvalue weighted by molar-refractivity contribution is -0.129. The van der Waals surface area contributed by atoms with Crippen molar-refractivity contribution in [2.75, 3.05) is 10.6 Å². The van der Waals surface area contributed by atoms with Crippen molar-refractivity contribution >= 4 is 23.2 Å². The first-order valence-electron chi connectivity index (χ1n) is 11.2. The van der Waals surface area contributed by atoms with Crippen LogP contribution in [0.5, 0.6) is 17.2 Å². The van der Waals surface area contributed by atoms with E-state index in [1.54, 1.807) is 59.1 Å². The van der Waals surface area contributed by atoms with Crippen molar-refractivity contribution in [3.63, 3.8) is 0 Å². The number of hydrogen-bond acceptors (Lipinski definition) is 5. The summed E-state index contributed by atoms with van der Waals surface area (Å²) in [5, 5.41) is 5.37. The molecule has 8 nitrogen and oxygen atoms in total. The molecule has 0 saturated heterocycles. The van der Waals surface area contributed by atoms with Crippen LogP contribution in [-0.2, 0) is 16.6 Å². The number of nitrogens with one attached hydrogen (secondary N) is 2. The van der Waals surface area contributed by atoms with Gasteiger partial charge in [0.05, 0.1) is 0 Å². The minimum atomic E-state index is -1.24. The van der Waals surface area contributed by atoms with E-state index in [0.29, 0.717) is 39.4 Å². The first-order chi connectivity index (χ1) is 16.9. The number of carbonyl (C=O) groups is 2. The Morgan fingerprint density at radius 3 is 2.47 bits per heavy atom. The van der Waals surface area contributed by atoms with Gasteiger partial charge in [0, 0.05) is 30.1 Å². The van der Waals surface area contributed by atoms with Crippen molar-refractivity contribution in [3.05, 3.63) is 76.5 Å². The standard InChI is InChI=1S/C27H26FN3O5/c1-7-21(32)29-17-8-9-20(35-23-14(2)10-16(28)11-15(23)3)18(12-17)19-13-31(6)25(33)22-24(19)36-27(4,5)26(34)30-22/h7-13H,1H2,2-6H3,(H,29,32)(H,30,34). The van der Waals surface area contributed by atoms with Gasteiger partial charge in [0.25, 0.3) is 11.5 Å². The van der Waals surface area contributed by atoms with Crippen molar-refractivity contribution < 1.29 is 23.5 Å².